The third-order valence-corrected chi connectivity index (χ3v) is 8.17. The molecule has 1 saturated carbocycles. The fourth-order valence-electron chi connectivity index (χ4n) is 5.96. The molecule has 10 heteroatoms. The fourth-order valence-corrected chi connectivity index (χ4v) is 6.17. The molecule has 3 fully saturated rings. The molecular weight excluding hydrogens is 484 g/mol. The Hall–Kier alpha value is -1.97. The van der Waals surface area contributed by atoms with Crippen molar-refractivity contribution in [3.8, 4) is 11.3 Å². The first-order valence-electron chi connectivity index (χ1n) is 12.1. The number of ether oxygens (including phenoxy) is 1. The lowest BCUT2D eigenvalue weighted by Crippen LogP contribution is -2.35. The summed E-state index contributed by atoms with van der Waals surface area (Å²) in [5.41, 5.74) is -1.56. The van der Waals surface area contributed by atoms with Crippen LogP contribution in [0.25, 0.3) is 11.3 Å². The van der Waals surface area contributed by atoms with Gasteiger partial charge in [-0.15, -0.1) is 10.2 Å². The number of halogens is 5. The van der Waals surface area contributed by atoms with Crippen LogP contribution in [0.5, 0.6) is 0 Å². The van der Waals surface area contributed by atoms with Gasteiger partial charge in [-0.2, -0.15) is 13.2 Å². The van der Waals surface area contributed by atoms with Gasteiger partial charge in [-0.3, -0.25) is 0 Å². The fraction of sp³-hybridized carbons (Fsp3) is 0.600. The molecule has 0 unspecified atom stereocenters. The highest BCUT2D eigenvalue weighted by Crippen LogP contribution is 2.43. The molecule has 0 N–H and O–H groups in total. The van der Waals surface area contributed by atoms with Crippen LogP contribution < -0.4 is 4.90 Å². The van der Waals surface area contributed by atoms with E-state index in [0.717, 1.165) is 76.7 Å². The van der Waals surface area contributed by atoms with Crippen molar-refractivity contribution in [3.63, 3.8) is 0 Å². The summed E-state index contributed by atoms with van der Waals surface area (Å²) in [6.07, 6.45) is -0.603. The zero-order valence-corrected chi connectivity index (χ0v) is 20.3. The van der Waals surface area contributed by atoms with Crippen molar-refractivity contribution in [3.05, 3.63) is 40.7 Å². The van der Waals surface area contributed by atoms with Crippen LogP contribution in [-0.4, -0.2) is 61.0 Å². The van der Waals surface area contributed by atoms with Crippen molar-refractivity contribution >= 4 is 17.4 Å². The monoisotopic (exact) mass is 512 g/mol. The molecule has 5 nitrogen and oxygen atoms in total. The summed E-state index contributed by atoms with van der Waals surface area (Å²) in [6.45, 7) is 4.90. The van der Waals surface area contributed by atoms with Gasteiger partial charge in [-0.25, -0.2) is 4.39 Å². The van der Waals surface area contributed by atoms with Crippen molar-refractivity contribution in [1.29, 1.82) is 0 Å². The molecular formula is C25H29ClF4N4O. The quantitative estimate of drug-likeness (QED) is 0.493. The zero-order chi connectivity index (χ0) is 24.7. The average molecular weight is 513 g/mol. The van der Waals surface area contributed by atoms with E-state index in [9.17, 15) is 17.6 Å². The Kier molecular flexibility index (Phi) is 6.94. The minimum absolute atomic E-state index is 0.0128. The molecule has 3 heterocycles. The van der Waals surface area contributed by atoms with Gasteiger partial charge in [0.25, 0.3) is 0 Å². The predicted octanol–water partition coefficient (Wildman–Crippen LogP) is 5.53. The van der Waals surface area contributed by atoms with E-state index in [2.05, 4.69) is 15.1 Å². The molecule has 0 spiro atoms. The van der Waals surface area contributed by atoms with Gasteiger partial charge in [0.2, 0.25) is 0 Å². The van der Waals surface area contributed by atoms with Crippen LogP contribution in [-0.2, 0) is 10.9 Å². The second kappa shape index (κ2) is 9.82. The van der Waals surface area contributed by atoms with Gasteiger partial charge in [0.1, 0.15) is 11.5 Å². The van der Waals surface area contributed by atoms with Gasteiger partial charge < -0.3 is 14.5 Å². The minimum atomic E-state index is -4.69. The number of benzene rings is 1. The van der Waals surface area contributed by atoms with E-state index < -0.39 is 23.3 Å². The van der Waals surface area contributed by atoms with Crippen molar-refractivity contribution in [1.82, 2.24) is 15.1 Å². The first-order chi connectivity index (χ1) is 16.7. The molecule has 0 radical (unpaired) electrons. The van der Waals surface area contributed by atoms with E-state index in [4.69, 9.17) is 16.3 Å². The van der Waals surface area contributed by atoms with Gasteiger partial charge >= 0.3 is 6.18 Å². The Morgan fingerprint density at radius 2 is 1.77 bits per heavy atom. The van der Waals surface area contributed by atoms with E-state index in [1.165, 1.54) is 6.07 Å². The molecule has 1 aliphatic carbocycles. The van der Waals surface area contributed by atoms with Gasteiger partial charge in [-0.05, 0) is 67.7 Å². The summed E-state index contributed by atoms with van der Waals surface area (Å²) in [5.74, 6) is 1.26. The van der Waals surface area contributed by atoms with E-state index in [0.29, 0.717) is 17.8 Å². The van der Waals surface area contributed by atoms with E-state index >= 15 is 0 Å². The summed E-state index contributed by atoms with van der Waals surface area (Å²) >= 11 is 6.06. The summed E-state index contributed by atoms with van der Waals surface area (Å²) in [5, 5.41) is 7.97. The van der Waals surface area contributed by atoms with E-state index in [1.807, 2.05) is 4.90 Å². The second-order valence-corrected chi connectivity index (χ2v) is 10.5. The van der Waals surface area contributed by atoms with Gasteiger partial charge in [0.15, 0.2) is 5.82 Å². The lowest BCUT2D eigenvalue weighted by molar-refractivity contribution is -0.137. The molecule has 0 bridgehead atoms. The molecule has 1 aromatic carbocycles. The summed E-state index contributed by atoms with van der Waals surface area (Å²) in [4.78, 5) is 4.38. The van der Waals surface area contributed by atoms with Gasteiger partial charge in [0.05, 0.1) is 10.6 Å². The van der Waals surface area contributed by atoms with Crippen LogP contribution in [0.15, 0.2) is 24.3 Å². The Morgan fingerprint density at radius 1 is 1.09 bits per heavy atom. The van der Waals surface area contributed by atoms with Crippen molar-refractivity contribution in [2.75, 3.05) is 44.8 Å². The largest absolute Gasteiger partial charge is 0.418 e. The lowest BCUT2D eigenvalue weighted by Gasteiger charge is -2.30. The number of fused-ring (bicyclic) bond motifs is 1. The van der Waals surface area contributed by atoms with Crippen LogP contribution in [0.2, 0.25) is 5.02 Å². The summed E-state index contributed by atoms with van der Waals surface area (Å²) in [6, 6.07) is 4.38. The Morgan fingerprint density at radius 3 is 2.43 bits per heavy atom. The third kappa shape index (κ3) is 5.27. The van der Waals surface area contributed by atoms with E-state index in [-0.39, 0.29) is 22.4 Å². The van der Waals surface area contributed by atoms with Crippen molar-refractivity contribution in [2.24, 2.45) is 17.8 Å². The highest BCUT2D eigenvalue weighted by Gasteiger charge is 2.43. The van der Waals surface area contributed by atoms with Crippen LogP contribution in [0, 0.1) is 23.6 Å². The van der Waals surface area contributed by atoms with Crippen LogP contribution in [0.1, 0.15) is 31.2 Å². The number of likely N-dealkylation sites (tertiary alicyclic amines) is 1. The molecule has 3 aliphatic rings. The standard InChI is InChI=1S/C25H29ClF4N4O/c1-33(19-8-16-13-34(14-17(16)9-19)12-15-4-6-35-7-5-15)23-11-21(25(28,29)30)24(32-31-23)20-10-18(27)2-3-22(20)26/h2-3,10-11,15-17,19H,4-9,12-14H2,1H3/t16-,17-/m1/s1. The smallest absolute Gasteiger partial charge is 0.381 e. The first-order valence-corrected chi connectivity index (χ1v) is 12.5. The van der Waals surface area contributed by atoms with Gasteiger partial charge in [-0.1, -0.05) is 11.6 Å². The van der Waals surface area contributed by atoms with Crippen LogP contribution >= 0.6 is 11.6 Å². The van der Waals surface area contributed by atoms with Crippen molar-refractivity contribution < 1.29 is 22.3 Å². The maximum atomic E-state index is 14.0. The van der Waals surface area contributed by atoms with Crippen LogP contribution in [0.3, 0.4) is 0 Å². The molecule has 2 atom stereocenters. The molecule has 2 aliphatic heterocycles. The number of hydrogen-bond donors (Lipinski definition) is 0. The third-order valence-electron chi connectivity index (χ3n) is 7.84. The number of rotatable bonds is 5. The zero-order valence-electron chi connectivity index (χ0n) is 19.6. The first kappa shape index (κ1) is 24.7. The van der Waals surface area contributed by atoms with Gasteiger partial charge in [0, 0.05) is 51.5 Å². The summed E-state index contributed by atoms with van der Waals surface area (Å²) in [7, 11) is 1.78. The molecule has 0 amide bonds. The molecule has 5 rings (SSSR count). The Balaban J connectivity index is 1.30. The SMILES string of the molecule is CN(c1cc(C(F)(F)F)c(-c2cc(F)ccc2Cl)nn1)C1C[C@@H]2CN(CC3CCOCC3)C[C@H]2C1. The Labute approximate surface area is 207 Å². The maximum Gasteiger partial charge on any atom is 0.418 e. The molecule has 2 saturated heterocycles. The second-order valence-electron chi connectivity index (χ2n) is 10.1. The molecule has 2 aromatic rings. The lowest BCUT2D eigenvalue weighted by atomic mass is 10.00. The number of alkyl halides is 3. The summed E-state index contributed by atoms with van der Waals surface area (Å²) < 4.78 is 61.1. The van der Waals surface area contributed by atoms with Crippen molar-refractivity contribution in [2.45, 2.75) is 37.9 Å². The highest BCUT2D eigenvalue weighted by atomic mass is 35.5. The molecule has 35 heavy (non-hydrogen) atoms. The number of hydrogen-bond acceptors (Lipinski definition) is 5. The number of nitrogens with zero attached hydrogens (tertiary/aromatic N) is 4. The predicted molar refractivity (Wildman–Crippen MR) is 126 cm³/mol. The molecule has 190 valence electrons. The Bertz CT molecular complexity index is 1050. The average Bonchev–Trinajstić information content (AvgIpc) is 3.39. The normalized spacial score (nSPS) is 24.2. The molecule has 1 aromatic heterocycles. The maximum absolute atomic E-state index is 14.0. The highest BCUT2D eigenvalue weighted by molar-refractivity contribution is 6.33. The number of anilines is 1. The number of aromatic nitrogens is 2. The minimum Gasteiger partial charge on any atom is -0.381 e. The topological polar surface area (TPSA) is 41.5 Å². The van der Waals surface area contributed by atoms with E-state index in [1.54, 1.807) is 7.05 Å². The van der Waals surface area contributed by atoms with Crippen LogP contribution in [0.4, 0.5) is 23.4 Å².